The van der Waals surface area contributed by atoms with E-state index in [0.717, 1.165) is 28.8 Å². The largest absolute Gasteiger partial charge is 0.316 e. The average Bonchev–Trinajstić information content (AvgIpc) is 3.39. The monoisotopic (exact) mass is 476 g/mol. The number of benzene rings is 3. The van der Waals surface area contributed by atoms with Gasteiger partial charge >= 0.3 is 0 Å². The molecule has 0 atom stereocenters. The molecule has 1 aliphatic rings. The maximum absolute atomic E-state index is 5.08. The summed E-state index contributed by atoms with van der Waals surface area (Å²) in [6.07, 6.45) is 7.30. The van der Waals surface area contributed by atoms with Crippen molar-refractivity contribution in [2.24, 2.45) is 0 Å². The molecule has 0 saturated heterocycles. The van der Waals surface area contributed by atoms with Gasteiger partial charge in [-0.15, -0.1) is 0 Å². The second-order valence-electron chi connectivity index (χ2n) is 10.1. The fourth-order valence-electron chi connectivity index (χ4n) is 5.49. The standard InChI is InChI=1S/C22H24N4.C10H12/c1-13(2)15-9-10-20-19(12-24-26-20)21(15)22-17-8-6-5-7-16(17)18(11-23-4)14(3)25-22;1-2-6-10-8-4-3-7-9(10)5-1/h5-10,12-13,23H,11H2,1-4H3,(H,24,26);1-2,5-6H,3-4,7-8H2. The van der Waals surface area contributed by atoms with Gasteiger partial charge in [-0.3, -0.25) is 10.1 Å². The molecule has 4 heteroatoms. The first-order chi connectivity index (χ1) is 17.6. The minimum Gasteiger partial charge on any atom is -0.316 e. The summed E-state index contributed by atoms with van der Waals surface area (Å²) < 4.78 is 0. The molecule has 0 amide bonds. The number of nitrogens with zero attached hydrogens (tertiary/aromatic N) is 2. The topological polar surface area (TPSA) is 53.6 Å². The molecule has 0 spiro atoms. The summed E-state index contributed by atoms with van der Waals surface area (Å²) in [6.45, 7) is 7.38. The van der Waals surface area contributed by atoms with Crippen molar-refractivity contribution in [3.63, 3.8) is 0 Å². The highest BCUT2D eigenvalue weighted by Crippen LogP contribution is 2.39. The van der Waals surface area contributed by atoms with Gasteiger partial charge in [0.25, 0.3) is 0 Å². The molecule has 0 fully saturated rings. The third-order valence-electron chi connectivity index (χ3n) is 7.35. The van der Waals surface area contributed by atoms with Crippen molar-refractivity contribution in [1.82, 2.24) is 20.5 Å². The molecule has 0 saturated carbocycles. The Kier molecular flexibility index (Phi) is 7.15. The Balaban J connectivity index is 0.000000222. The van der Waals surface area contributed by atoms with Gasteiger partial charge in [-0.1, -0.05) is 68.4 Å². The lowest BCUT2D eigenvalue weighted by Gasteiger charge is -2.18. The van der Waals surface area contributed by atoms with Gasteiger partial charge in [0.1, 0.15) is 0 Å². The lowest BCUT2D eigenvalue weighted by atomic mass is 9.89. The van der Waals surface area contributed by atoms with Gasteiger partial charge < -0.3 is 5.32 Å². The number of aryl methyl sites for hydroxylation is 3. The van der Waals surface area contributed by atoms with E-state index >= 15 is 0 Å². The zero-order valence-corrected chi connectivity index (χ0v) is 21.9. The van der Waals surface area contributed by atoms with E-state index in [0.29, 0.717) is 5.92 Å². The Hall–Kier alpha value is -3.50. The highest BCUT2D eigenvalue weighted by Gasteiger charge is 2.19. The Morgan fingerprint density at radius 3 is 2.19 bits per heavy atom. The van der Waals surface area contributed by atoms with Crippen molar-refractivity contribution >= 4 is 21.7 Å². The summed E-state index contributed by atoms with van der Waals surface area (Å²) in [7, 11) is 1.98. The van der Waals surface area contributed by atoms with Gasteiger partial charge in [0.15, 0.2) is 0 Å². The van der Waals surface area contributed by atoms with Crippen LogP contribution in [-0.2, 0) is 19.4 Å². The zero-order valence-electron chi connectivity index (χ0n) is 21.9. The number of H-pyrrole nitrogens is 1. The molecule has 36 heavy (non-hydrogen) atoms. The van der Waals surface area contributed by atoms with Crippen LogP contribution in [0.25, 0.3) is 32.9 Å². The smallest absolute Gasteiger partial charge is 0.0793 e. The van der Waals surface area contributed by atoms with Gasteiger partial charge in [0.2, 0.25) is 0 Å². The van der Waals surface area contributed by atoms with Crippen LogP contribution in [-0.4, -0.2) is 22.2 Å². The summed E-state index contributed by atoms with van der Waals surface area (Å²) in [5.74, 6) is 0.405. The maximum Gasteiger partial charge on any atom is 0.0793 e. The van der Waals surface area contributed by atoms with Crippen molar-refractivity contribution in [1.29, 1.82) is 0 Å². The third kappa shape index (κ3) is 4.66. The summed E-state index contributed by atoms with van der Waals surface area (Å²) in [5, 5.41) is 14.2. The Morgan fingerprint density at radius 2 is 1.53 bits per heavy atom. The quantitative estimate of drug-likeness (QED) is 0.282. The molecule has 2 N–H and O–H groups in total. The number of aromatic amines is 1. The first kappa shape index (κ1) is 24.2. The minimum atomic E-state index is 0.405. The molecule has 3 aromatic carbocycles. The number of fused-ring (bicyclic) bond motifs is 3. The van der Waals surface area contributed by atoms with Crippen LogP contribution in [0.15, 0.2) is 66.9 Å². The first-order valence-electron chi connectivity index (χ1n) is 13.1. The van der Waals surface area contributed by atoms with Gasteiger partial charge in [0, 0.05) is 28.6 Å². The molecule has 4 nitrogen and oxygen atoms in total. The SMILES string of the molecule is CNCc1c(C)nc(-c2c(C(C)C)ccc3[nH]ncc23)c2ccccc12.c1ccc2c(c1)CCCC2. The Bertz CT molecular complexity index is 1470. The number of rotatable bonds is 4. The molecular formula is C32H36N4. The number of hydrogen-bond donors (Lipinski definition) is 2. The first-order valence-corrected chi connectivity index (χ1v) is 13.1. The molecule has 5 aromatic rings. The molecule has 184 valence electrons. The zero-order chi connectivity index (χ0) is 25.1. The fraction of sp³-hybridized carbons (Fsp3) is 0.312. The van der Waals surface area contributed by atoms with Crippen molar-refractivity contribution < 1.29 is 0 Å². The van der Waals surface area contributed by atoms with Gasteiger partial charge in [-0.2, -0.15) is 5.10 Å². The summed E-state index contributed by atoms with van der Waals surface area (Å²) in [6, 6.07) is 21.7. The number of nitrogens with one attached hydrogen (secondary N) is 2. The van der Waals surface area contributed by atoms with Crippen LogP contribution < -0.4 is 5.32 Å². The molecule has 6 rings (SSSR count). The van der Waals surface area contributed by atoms with Crippen LogP contribution in [0.4, 0.5) is 0 Å². The van der Waals surface area contributed by atoms with Crippen molar-refractivity contribution in [2.75, 3.05) is 7.05 Å². The summed E-state index contributed by atoms with van der Waals surface area (Å²) in [5.41, 5.74) is 10.1. The molecule has 0 bridgehead atoms. The van der Waals surface area contributed by atoms with Crippen LogP contribution in [0.1, 0.15) is 60.6 Å². The van der Waals surface area contributed by atoms with E-state index in [9.17, 15) is 0 Å². The average molecular weight is 477 g/mol. The van der Waals surface area contributed by atoms with Crippen LogP contribution >= 0.6 is 0 Å². The van der Waals surface area contributed by atoms with Gasteiger partial charge in [0.05, 0.1) is 17.4 Å². The Labute approximate surface area is 214 Å². The highest BCUT2D eigenvalue weighted by molar-refractivity contribution is 6.05. The predicted molar refractivity (Wildman–Crippen MR) is 152 cm³/mol. The van der Waals surface area contributed by atoms with E-state index in [-0.39, 0.29) is 0 Å². The third-order valence-corrected chi connectivity index (χ3v) is 7.35. The highest BCUT2D eigenvalue weighted by atomic mass is 15.1. The molecule has 2 heterocycles. The normalized spacial score (nSPS) is 13.0. The lowest BCUT2D eigenvalue weighted by molar-refractivity contribution is 0.685. The molecule has 0 unspecified atom stereocenters. The molecule has 1 aliphatic carbocycles. The van der Waals surface area contributed by atoms with E-state index in [4.69, 9.17) is 4.98 Å². The van der Waals surface area contributed by atoms with Crippen LogP contribution in [0.5, 0.6) is 0 Å². The van der Waals surface area contributed by atoms with E-state index in [1.54, 1.807) is 11.1 Å². The molecular weight excluding hydrogens is 440 g/mol. The molecule has 0 aliphatic heterocycles. The van der Waals surface area contributed by atoms with E-state index in [2.05, 4.69) is 96.9 Å². The Morgan fingerprint density at radius 1 is 0.861 bits per heavy atom. The summed E-state index contributed by atoms with van der Waals surface area (Å²) >= 11 is 0. The predicted octanol–water partition coefficient (Wildman–Crippen LogP) is 7.49. The van der Waals surface area contributed by atoms with Crippen molar-refractivity contribution in [2.45, 2.75) is 58.9 Å². The number of hydrogen-bond acceptors (Lipinski definition) is 3. The van der Waals surface area contributed by atoms with Crippen LogP contribution in [0, 0.1) is 6.92 Å². The van der Waals surface area contributed by atoms with E-state index < -0.39 is 0 Å². The molecule has 0 radical (unpaired) electrons. The lowest BCUT2D eigenvalue weighted by Crippen LogP contribution is -2.09. The van der Waals surface area contributed by atoms with E-state index in [1.807, 2.05) is 13.2 Å². The second-order valence-corrected chi connectivity index (χ2v) is 10.1. The number of pyridine rings is 1. The van der Waals surface area contributed by atoms with Crippen molar-refractivity contribution in [3.8, 4) is 11.3 Å². The van der Waals surface area contributed by atoms with Gasteiger partial charge in [-0.25, -0.2) is 0 Å². The van der Waals surface area contributed by atoms with Crippen LogP contribution in [0.2, 0.25) is 0 Å². The molecule has 2 aromatic heterocycles. The second kappa shape index (κ2) is 10.6. The summed E-state index contributed by atoms with van der Waals surface area (Å²) in [4.78, 5) is 5.08. The van der Waals surface area contributed by atoms with Crippen LogP contribution in [0.3, 0.4) is 0 Å². The minimum absolute atomic E-state index is 0.405. The maximum atomic E-state index is 5.08. The fourth-order valence-corrected chi connectivity index (χ4v) is 5.49. The van der Waals surface area contributed by atoms with E-state index in [1.165, 1.54) is 53.1 Å². The number of aromatic nitrogens is 3. The van der Waals surface area contributed by atoms with Gasteiger partial charge in [-0.05, 0) is 79.3 Å². The van der Waals surface area contributed by atoms with Crippen molar-refractivity contribution in [3.05, 3.63) is 94.8 Å².